The molecular formula is C20H17BrN4O4. The third kappa shape index (κ3) is 4.35. The molecule has 0 fully saturated rings. The number of nitro groups is 1. The van der Waals surface area contributed by atoms with Crippen molar-refractivity contribution in [1.29, 1.82) is 0 Å². The fourth-order valence-electron chi connectivity index (χ4n) is 2.93. The molecule has 3 rings (SSSR count). The maximum atomic E-state index is 12.4. The second-order valence-corrected chi connectivity index (χ2v) is 7.24. The molecule has 148 valence electrons. The SMILES string of the molecule is Cc1ccc(C)n1-c1cccc(C(=O)N/N=C/c2cc(Br)cc([N+](=O)[O-])c2O)c1. The van der Waals surface area contributed by atoms with Gasteiger partial charge in [0.2, 0.25) is 5.75 Å². The molecule has 3 aromatic rings. The molecule has 2 aromatic carbocycles. The minimum atomic E-state index is -0.702. The van der Waals surface area contributed by atoms with Crippen LogP contribution in [0.4, 0.5) is 5.69 Å². The lowest BCUT2D eigenvalue weighted by Crippen LogP contribution is -2.18. The van der Waals surface area contributed by atoms with Crippen molar-refractivity contribution in [2.24, 2.45) is 5.10 Å². The minimum Gasteiger partial charge on any atom is -0.502 e. The number of benzene rings is 2. The number of aromatic nitrogens is 1. The van der Waals surface area contributed by atoms with Crippen molar-refractivity contribution in [2.45, 2.75) is 13.8 Å². The molecule has 2 N–H and O–H groups in total. The molecule has 0 aliphatic rings. The van der Waals surface area contributed by atoms with E-state index in [4.69, 9.17) is 0 Å². The normalized spacial score (nSPS) is 11.0. The van der Waals surface area contributed by atoms with Gasteiger partial charge in [0.1, 0.15) is 0 Å². The fraction of sp³-hybridized carbons (Fsp3) is 0.100. The van der Waals surface area contributed by atoms with Crippen LogP contribution in [0.25, 0.3) is 5.69 Å². The Bertz CT molecular complexity index is 1120. The first kappa shape index (κ1) is 20.3. The Morgan fingerprint density at radius 3 is 2.55 bits per heavy atom. The highest BCUT2D eigenvalue weighted by Crippen LogP contribution is 2.32. The van der Waals surface area contributed by atoms with Crippen LogP contribution < -0.4 is 5.43 Å². The van der Waals surface area contributed by atoms with Crippen LogP contribution in [0.2, 0.25) is 0 Å². The van der Waals surface area contributed by atoms with E-state index in [1.54, 1.807) is 18.2 Å². The quantitative estimate of drug-likeness (QED) is 0.339. The molecule has 0 unspecified atom stereocenters. The third-order valence-corrected chi connectivity index (χ3v) is 4.75. The van der Waals surface area contributed by atoms with E-state index >= 15 is 0 Å². The fourth-order valence-corrected chi connectivity index (χ4v) is 3.39. The summed E-state index contributed by atoms with van der Waals surface area (Å²) in [4.78, 5) is 22.7. The largest absolute Gasteiger partial charge is 0.502 e. The molecule has 1 heterocycles. The number of hydrazone groups is 1. The number of aromatic hydroxyl groups is 1. The van der Waals surface area contributed by atoms with Crippen molar-refractivity contribution < 1.29 is 14.8 Å². The molecule has 29 heavy (non-hydrogen) atoms. The second kappa shape index (κ2) is 8.27. The van der Waals surface area contributed by atoms with Gasteiger partial charge in [-0.25, -0.2) is 5.43 Å². The summed E-state index contributed by atoms with van der Waals surface area (Å²) >= 11 is 3.14. The van der Waals surface area contributed by atoms with Gasteiger partial charge in [-0.15, -0.1) is 0 Å². The first-order valence-corrected chi connectivity index (χ1v) is 9.33. The minimum absolute atomic E-state index is 0.0960. The number of nitro benzene ring substituents is 1. The zero-order valence-corrected chi connectivity index (χ0v) is 17.2. The lowest BCUT2D eigenvalue weighted by molar-refractivity contribution is -0.385. The number of carbonyl (C=O) groups is 1. The number of amides is 1. The Morgan fingerprint density at radius 1 is 1.21 bits per heavy atom. The van der Waals surface area contributed by atoms with Crippen LogP contribution in [0.1, 0.15) is 27.3 Å². The molecule has 0 bridgehead atoms. The molecule has 0 radical (unpaired) electrons. The van der Waals surface area contributed by atoms with Crippen molar-refractivity contribution in [1.82, 2.24) is 9.99 Å². The van der Waals surface area contributed by atoms with Crippen LogP contribution >= 0.6 is 15.9 Å². The molecule has 0 aliphatic heterocycles. The predicted molar refractivity (Wildman–Crippen MR) is 113 cm³/mol. The predicted octanol–water partition coefficient (Wildman–Crippen LogP) is 4.23. The Morgan fingerprint density at radius 2 is 1.90 bits per heavy atom. The summed E-state index contributed by atoms with van der Waals surface area (Å²) in [5, 5.41) is 24.8. The first-order valence-electron chi connectivity index (χ1n) is 8.53. The average molecular weight is 457 g/mol. The van der Waals surface area contributed by atoms with E-state index < -0.39 is 22.3 Å². The Kier molecular flexibility index (Phi) is 5.79. The van der Waals surface area contributed by atoms with Crippen molar-refractivity contribution >= 4 is 33.7 Å². The molecule has 8 nitrogen and oxygen atoms in total. The van der Waals surface area contributed by atoms with E-state index in [9.17, 15) is 20.0 Å². The van der Waals surface area contributed by atoms with E-state index in [1.807, 2.05) is 36.6 Å². The van der Waals surface area contributed by atoms with Crippen LogP contribution in [0, 0.1) is 24.0 Å². The van der Waals surface area contributed by atoms with E-state index in [2.05, 4.69) is 26.5 Å². The number of carbonyl (C=O) groups excluding carboxylic acids is 1. The van der Waals surface area contributed by atoms with Gasteiger partial charge >= 0.3 is 5.69 Å². The van der Waals surface area contributed by atoms with E-state index in [1.165, 1.54) is 12.1 Å². The summed E-state index contributed by atoms with van der Waals surface area (Å²) in [6, 6.07) is 13.7. The number of hydrogen-bond acceptors (Lipinski definition) is 5. The molecule has 0 saturated heterocycles. The zero-order valence-electron chi connectivity index (χ0n) is 15.6. The van der Waals surface area contributed by atoms with Crippen molar-refractivity contribution in [3.63, 3.8) is 0 Å². The zero-order chi connectivity index (χ0) is 21.1. The standard InChI is InChI=1S/C20H17BrN4O4/c1-12-6-7-13(2)24(12)17-5-3-4-14(9-17)20(27)23-22-11-15-8-16(21)10-18(19(15)26)25(28)29/h3-11,26H,1-2H3,(H,23,27)/b22-11+. The van der Waals surface area contributed by atoms with Crippen LogP contribution in [0.3, 0.4) is 0 Å². The summed E-state index contributed by atoms with van der Waals surface area (Å²) in [6.07, 6.45) is 1.15. The molecule has 0 atom stereocenters. The lowest BCUT2D eigenvalue weighted by Gasteiger charge is -2.10. The maximum absolute atomic E-state index is 12.4. The number of nitrogens with one attached hydrogen (secondary N) is 1. The van der Waals surface area contributed by atoms with Crippen molar-refractivity contribution in [2.75, 3.05) is 0 Å². The smallest absolute Gasteiger partial charge is 0.312 e. The molecule has 0 saturated carbocycles. The van der Waals surface area contributed by atoms with Crippen LogP contribution in [0.15, 0.2) is 58.1 Å². The van der Waals surface area contributed by atoms with Crippen LogP contribution in [-0.4, -0.2) is 26.7 Å². The Labute approximate surface area is 174 Å². The Balaban J connectivity index is 1.80. The number of phenolic OH excluding ortho intramolecular Hbond substituents is 1. The summed E-state index contributed by atoms with van der Waals surface area (Å²) < 4.78 is 2.43. The summed E-state index contributed by atoms with van der Waals surface area (Å²) in [5.74, 6) is -0.980. The monoisotopic (exact) mass is 456 g/mol. The third-order valence-electron chi connectivity index (χ3n) is 4.29. The van der Waals surface area contributed by atoms with Crippen molar-refractivity contribution in [3.8, 4) is 11.4 Å². The number of phenols is 1. The van der Waals surface area contributed by atoms with E-state index in [0.29, 0.717) is 10.0 Å². The highest BCUT2D eigenvalue weighted by atomic mass is 79.9. The highest BCUT2D eigenvalue weighted by molar-refractivity contribution is 9.10. The van der Waals surface area contributed by atoms with E-state index in [0.717, 1.165) is 23.3 Å². The number of hydrogen-bond donors (Lipinski definition) is 2. The molecule has 1 amide bonds. The first-order chi connectivity index (χ1) is 13.8. The topological polar surface area (TPSA) is 110 Å². The van der Waals surface area contributed by atoms with Gasteiger partial charge in [-0.1, -0.05) is 22.0 Å². The van der Waals surface area contributed by atoms with Gasteiger partial charge in [0, 0.05) is 38.7 Å². The summed E-state index contributed by atoms with van der Waals surface area (Å²) in [6.45, 7) is 3.96. The number of aryl methyl sites for hydroxylation is 2. The van der Waals surface area contributed by atoms with E-state index in [-0.39, 0.29) is 5.56 Å². The molecule has 1 aromatic heterocycles. The van der Waals surface area contributed by atoms with Gasteiger partial charge in [-0.2, -0.15) is 5.10 Å². The highest BCUT2D eigenvalue weighted by Gasteiger charge is 2.17. The van der Waals surface area contributed by atoms with Gasteiger partial charge in [0.05, 0.1) is 11.1 Å². The van der Waals surface area contributed by atoms with Gasteiger partial charge in [0.15, 0.2) is 0 Å². The Hall–Kier alpha value is -3.46. The van der Waals surface area contributed by atoms with Crippen molar-refractivity contribution in [3.05, 3.63) is 85.6 Å². The lowest BCUT2D eigenvalue weighted by atomic mass is 10.2. The molecular weight excluding hydrogens is 440 g/mol. The summed E-state index contributed by atoms with van der Waals surface area (Å²) in [7, 11) is 0. The maximum Gasteiger partial charge on any atom is 0.312 e. The molecule has 0 spiro atoms. The second-order valence-electron chi connectivity index (χ2n) is 6.32. The van der Waals surface area contributed by atoms with Gasteiger partial charge < -0.3 is 9.67 Å². The summed E-state index contributed by atoms with van der Waals surface area (Å²) in [5.41, 5.74) is 5.35. The van der Waals surface area contributed by atoms with Gasteiger partial charge in [-0.3, -0.25) is 14.9 Å². The number of nitrogens with zero attached hydrogens (tertiary/aromatic N) is 3. The number of rotatable bonds is 5. The van der Waals surface area contributed by atoms with Crippen LogP contribution in [0.5, 0.6) is 5.75 Å². The van der Waals surface area contributed by atoms with Gasteiger partial charge in [-0.05, 0) is 50.2 Å². The number of halogens is 1. The molecule has 9 heteroatoms. The average Bonchev–Trinajstić information content (AvgIpc) is 3.02. The van der Waals surface area contributed by atoms with Gasteiger partial charge in [0.25, 0.3) is 5.91 Å². The van der Waals surface area contributed by atoms with Crippen LogP contribution in [-0.2, 0) is 0 Å². The molecule has 0 aliphatic carbocycles.